The molecule has 0 radical (unpaired) electrons. The molecule has 0 aromatic carbocycles. The van der Waals surface area contributed by atoms with Gasteiger partial charge in [0.15, 0.2) is 0 Å². The lowest BCUT2D eigenvalue weighted by atomic mass is 10.0. The second kappa shape index (κ2) is 4.73. The van der Waals surface area contributed by atoms with Crippen LogP contribution >= 0.6 is 0 Å². The summed E-state index contributed by atoms with van der Waals surface area (Å²) in [4.78, 5) is 26.5. The molecule has 0 saturated carbocycles. The smallest absolute Gasteiger partial charge is 0.354 e. The van der Waals surface area contributed by atoms with Crippen molar-refractivity contribution in [3.05, 3.63) is 29.6 Å². The Kier molecular flexibility index (Phi) is 3.29. The largest absolute Gasteiger partial charge is 0.477 e. The third-order valence-electron chi connectivity index (χ3n) is 2.83. The van der Waals surface area contributed by atoms with E-state index in [1.165, 1.54) is 18.2 Å². The number of amides is 1. The molecule has 6 nitrogen and oxygen atoms in total. The summed E-state index contributed by atoms with van der Waals surface area (Å²) in [7, 11) is 0. The minimum Gasteiger partial charge on any atom is -0.477 e. The Labute approximate surface area is 104 Å². The highest BCUT2D eigenvalue weighted by atomic mass is 16.5. The normalized spacial score (nSPS) is 22.7. The number of carboxylic acid groups (broad SMARTS) is 1. The number of hydrogen-bond acceptors (Lipinski definition) is 4. The topological polar surface area (TPSA) is 88.5 Å². The minimum absolute atomic E-state index is 0.100. The highest BCUT2D eigenvalue weighted by Gasteiger charge is 2.31. The third kappa shape index (κ3) is 2.65. The second-order valence-electron chi connectivity index (χ2n) is 4.53. The third-order valence-corrected chi connectivity index (χ3v) is 2.83. The van der Waals surface area contributed by atoms with E-state index in [9.17, 15) is 9.59 Å². The number of carbonyl (C=O) groups is 2. The number of carboxylic acids is 1. The van der Waals surface area contributed by atoms with E-state index in [1.807, 2.05) is 6.92 Å². The lowest BCUT2D eigenvalue weighted by Crippen LogP contribution is -2.46. The van der Waals surface area contributed by atoms with Crippen molar-refractivity contribution in [3.8, 4) is 0 Å². The Balaban J connectivity index is 2.13. The summed E-state index contributed by atoms with van der Waals surface area (Å²) in [5.41, 5.74) is -0.448. The van der Waals surface area contributed by atoms with Crippen LogP contribution in [0.25, 0.3) is 0 Å². The summed E-state index contributed by atoms with van der Waals surface area (Å²) in [6.45, 7) is 2.95. The van der Waals surface area contributed by atoms with Crippen LogP contribution in [0.2, 0.25) is 0 Å². The van der Waals surface area contributed by atoms with Gasteiger partial charge in [0, 0.05) is 6.61 Å². The summed E-state index contributed by atoms with van der Waals surface area (Å²) in [5.74, 6) is -1.54. The zero-order valence-corrected chi connectivity index (χ0v) is 9.97. The van der Waals surface area contributed by atoms with Crippen LogP contribution < -0.4 is 5.32 Å². The molecule has 0 bridgehead atoms. The van der Waals surface area contributed by atoms with Gasteiger partial charge in [0.1, 0.15) is 11.4 Å². The van der Waals surface area contributed by atoms with E-state index in [4.69, 9.17) is 9.84 Å². The molecule has 1 saturated heterocycles. The van der Waals surface area contributed by atoms with Crippen LogP contribution in [0.3, 0.4) is 0 Å². The van der Waals surface area contributed by atoms with Crippen molar-refractivity contribution >= 4 is 11.9 Å². The first-order valence-electron chi connectivity index (χ1n) is 5.61. The molecule has 2 heterocycles. The van der Waals surface area contributed by atoms with Gasteiger partial charge in [0.2, 0.25) is 0 Å². The molecule has 1 aliphatic rings. The molecule has 1 fully saturated rings. The lowest BCUT2D eigenvalue weighted by molar-refractivity contribution is 0.0690. The van der Waals surface area contributed by atoms with Gasteiger partial charge in [0.25, 0.3) is 5.91 Å². The Morgan fingerprint density at radius 2 is 2.17 bits per heavy atom. The number of aromatic carboxylic acids is 1. The van der Waals surface area contributed by atoms with Crippen molar-refractivity contribution in [2.45, 2.75) is 18.9 Å². The summed E-state index contributed by atoms with van der Waals surface area (Å²) in [6.07, 6.45) is 0.733. The predicted octanol–water partition coefficient (Wildman–Crippen LogP) is 0.689. The summed E-state index contributed by atoms with van der Waals surface area (Å²) in [6, 6.07) is 4.33. The molecule has 0 spiro atoms. The standard InChI is InChI=1S/C12H14N2O4/c1-12(5-6-18-7-12)14-10(15)8-3-2-4-9(13-8)11(16)17/h2-4H,5-7H2,1H3,(H,14,15)(H,16,17). The monoisotopic (exact) mass is 250 g/mol. The zero-order chi connectivity index (χ0) is 13.2. The average molecular weight is 250 g/mol. The van der Waals surface area contributed by atoms with E-state index < -0.39 is 11.5 Å². The number of aromatic nitrogens is 1. The van der Waals surface area contributed by atoms with Crippen LogP contribution in [-0.2, 0) is 4.74 Å². The van der Waals surface area contributed by atoms with Crippen LogP contribution in [0.1, 0.15) is 34.3 Å². The Morgan fingerprint density at radius 3 is 2.78 bits per heavy atom. The Hall–Kier alpha value is -1.95. The molecule has 1 aromatic heterocycles. The fourth-order valence-electron chi connectivity index (χ4n) is 1.78. The molecule has 1 amide bonds. The van der Waals surface area contributed by atoms with Crippen LogP contribution in [0.15, 0.2) is 18.2 Å². The summed E-state index contributed by atoms with van der Waals surface area (Å²) in [5, 5.41) is 11.6. The number of ether oxygens (including phenoxy) is 1. The van der Waals surface area contributed by atoms with Crippen molar-refractivity contribution in [2.75, 3.05) is 13.2 Å². The lowest BCUT2D eigenvalue weighted by Gasteiger charge is -2.23. The molecule has 1 atom stereocenters. The highest BCUT2D eigenvalue weighted by molar-refractivity contribution is 5.94. The molecule has 2 N–H and O–H groups in total. The predicted molar refractivity (Wildman–Crippen MR) is 62.5 cm³/mol. The number of nitrogens with zero attached hydrogens (tertiary/aromatic N) is 1. The van der Waals surface area contributed by atoms with Crippen molar-refractivity contribution in [1.29, 1.82) is 0 Å². The molecule has 18 heavy (non-hydrogen) atoms. The quantitative estimate of drug-likeness (QED) is 0.823. The van der Waals surface area contributed by atoms with Gasteiger partial charge in [0.05, 0.1) is 12.1 Å². The van der Waals surface area contributed by atoms with Crippen LogP contribution in [-0.4, -0.2) is 40.7 Å². The summed E-state index contributed by atoms with van der Waals surface area (Å²) >= 11 is 0. The van der Waals surface area contributed by atoms with E-state index in [-0.39, 0.29) is 17.3 Å². The number of nitrogens with one attached hydrogen (secondary N) is 1. The summed E-state index contributed by atoms with van der Waals surface area (Å²) < 4.78 is 5.23. The molecule has 1 aliphatic heterocycles. The van der Waals surface area contributed by atoms with Crippen molar-refractivity contribution in [2.24, 2.45) is 0 Å². The zero-order valence-electron chi connectivity index (χ0n) is 9.97. The number of rotatable bonds is 3. The van der Waals surface area contributed by atoms with Gasteiger partial charge in [-0.2, -0.15) is 0 Å². The number of hydrogen-bond donors (Lipinski definition) is 2. The van der Waals surface area contributed by atoms with Gasteiger partial charge in [-0.05, 0) is 25.5 Å². The molecule has 1 unspecified atom stereocenters. The van der Waals surface area contributed by atoms with E-state index in [0.29, 0.717) is 13.2 Å². The van der Waals surface area contributed by atoms with Crippen molar-refractivity contribution < 1.29 is 19.4 Å². The second-order valence-corrected chi connectivity index (χ2v) is 4.53. The van der Waals surface area contributed by atoms with Crippen LogP contribution in [0.5, 0.6) is 0 Å². The first-order valence-corrected chi connectivity index (χ1v) is 5.61. The molecule has 6 heteroatoms. The van der Waals surface area contributed by atoms with Gasteiger partial charge < -0.3 is 15.2 Å². The van der Waals surface area contributed by atoms with E-state index >= 15 is 0 Å². The number of carbonyl (C=O) groups excluding carboxylic acids is 1. The maximum absolute atomic E-state index is 12.0. The maximum Gasteiger partial charge on any atom is 0.354 e. The van der Waals surface area contributed by atoms with Gasteiger partial charge in [-0.15, -0.1) is 0 Å². The van der Waals surface area contributed by atoms with Gasteiger partial charge in [-0.25, -0.2) is 9.78 Å². The van der Waals surface area contributed by atoms with Crippen LogP contribution in [0, 0.1) is 0 Å². The first kappa shape index (κ1) is 12.5. The van der Waals surface area contributed by atoms with E-state index in [0.717, 1.165) is 6.42 Å². The number of pyridine rings is 1. The first-order chi connectivity index (χ1) is 8.50. The molecule has 96 valence electrons. The van der Waals surface area contributed by atoms with Gasteiger partial charge in [-0.1, -0.05) is 6.07 Å². The Bertz CT molecular complexity index is 481. The van der Waals surface area contributed by atoms with Gasteiger partial charge in [-0.3, -0.25) is 4.79 Å². The fourth-order valence-corrected chi connectivity index (χ4v) is 1.78. The maximum atomic E-state index is 12.0. The van der Waals surface area contributed by atoms with Gasteiger partial charge >= 0.3 is 5.97 Å². The van der Waals surface area contributed by atoms with Crippen molar-refractivity contribution in [1.82, 2.24) is 10.3 Å². The average Bonchev–Trinajstić information content (AvgIpc) is 2.76. The molecule has 2 rings (SSSR count). The fraction of sp³-hybridized carbons (Fsp3) is 0.417. The molecule has 0 aliphatic carbocycles. The van der Waals surface area contributed by atoms with E-state index in [2.05, 4.69) is 10.3 Å². The molecular weight excluding hydrogens is 236 g/mol. The van der Waals surface area contributed by atoms with Crippen LogP contribution in [0.4, 0.5) is 0 Å². The van der Waals surface area contributed by atoms with Crippen molar-refractivity contribution in [3.63, 3.8) is 0 Å². The van der Waals surface area contributed by atoms with E-state index in [1.54, 1.807) is 0 Å². The minimum atomic E-state index is -1.15. The highest BCUT2D eigenvalue weighted by Crippen LogP contribution is 2.18. The molecule has 1 aromatic rings. The SMILES string of the molecule is CC1(NC(=O)c2cccc(C(=O)O)n2)CCOC1. The molecular formula is C12H14N2O4. The Morgan fingerprint density at radius 1 is 1.44 bits per heavy atom.